The number of hydrogen-bond donors (Lipinski definition) is 2. The summed E-state index contributed by atoms with van der Waals surface area (Å²) in [5, 5.41) is 23.3. The van der Waals surface area contributed by atoms with E-state index in [4.69, 9.17) is 11.6 Å². The Labute approximate surface area is 182 Å². The number of aromatic amines is 1. The van der Waals surface area contributed by atoms with Crippen LogP contribution in [0.15, 0.2) is 58.8 Å². The molecule has 0 saturated heterocycles. The van der Waals surface area contributed by atoms with Crippen molar-refractivity contribution in [1.29, 1.82) is 0 Å². The van der Waals surface area contributed by atoms with Crippen molar-refractivity contribution < 1.29 is 19.3 Å². The minimum Gasteiger partial charge on any atom is -0.545 e. The SMILES string of the molecule is CC[n+]1c(SCC(=O)NN=Cc2ccc(C(=O)[O-])cc2)n[nH]c1-c1ccc(Cl)cc1. The Morgan fingerprint density at radius 3 is 2.57 bits per heavy atom. The molecular formula is C20H18ClN5O3S. The number of hydrogen-bond acceptors (Lipinski definition) is 6. The Hall–Kier alpha value is -3.17. The van der Waals surface area contributed by atoms with Crippen LogP contribution in [0, 0.1) is 0 Å². The van der Waals surface area contributed by atoms with Crippen LogP contribution < -0.4 is 15.1 Å². The summed E-state index contributed by atoms with van der Waals surface area (Å²) in [5.74, 6) is -0.576. The van der Waals surface area contributed by atoms with Gasteiger partial charge in [0.1, 0.15) is 0 Å². The van der Waals surface area contributed by atoms with Crippen molar-refractivity contribution in [3.63, 3.8) is 0 Å². The molecule has 0 aliphatic heterocycles. The van der Waals surface area contributed by atoms with Crippen LogP contribution >= 0.6 is 23.4 Å². The number of rotatable bonds is 8. The first-order chi connectivity index (χ1) is 14.5. The molecule has 8 nitrogen and oxygen atoms in total. The molecule has 1 heterocycles. The number of benzene rings is 2. The lowest BCUT2D eigenvalue weighted by molar-refractivity contribution is -0.719. The average Bonchev–Trinajstić information content (AvgIpc) is 3.16. The number of carbonyl (C=O) groups excluding carboxylic acids is 2. The van der Waals surface area contributed by atoms with Crippen LogP contribution in [0.25, 0.3) is 11.4 Å². The van der Waals surface area contributed by atoms with E-state index in [1.807, 2.05) is 35.8 Å². The molecule has 3 rings (SSSR count). The first-order valence-electron chi connectivity index (χ1n) is 8.98. The van der Waals surface area contributed by atoms with Crippen LogP contribution in [0.2, 0.25) is 5.02 Å². The van der Waals surface area contributed by atoms with Gasteiger partial charge in [-0.3, -0.25) is 4.79 Å². The molecule has 0 atom stereocenters. The maximum atomic E-state index is 12.1. The number of H-pyrrole nitrogens is 1. The second-order valence-corrected chi connectivity index (χ2v) is 7.48. The van der Waals surface area contributed by atoms with Gasteiger partial charge >= 0.3 is 5.16 Å². The number of thioether (sulfide) groups is 1. The van der Waals surface area contributed by atoms with Crippen molar-refractivity contribution in [2.24, 2.45) is 5.10 Å². The molecule has 2 aromatic carbocycles. The van der Waals surface area contributed by atoms with Crippen molar-refractivity contribution in [1.82, 2.24) is 15.6 Å². The van der Waals surface area contributed by atoms with E-state index >= 15 is 0 Å². The van der Waals surface area contributed by atoms with Crippen LogP contribution in [-0.4, -0.2) is 34.0 Å². The Bertz CT molecular complexity index is 1070. The molecule has 0 fully saturated rings. The average molecular weight is 444 g/mol. The number of carbonyl (C=O) groups is 2. The van der Waals surface area contributed by atoms with Gasteiger partial charge in [0, 0.05) is 5.02 Å². The lowest BCUT2D eigenvalue weighted by Crippen LogP contribution is -2.36. The van der Waals surface area contributed by atoms with E-state index in [2.05, 4.69) is 20.7 Å². The van der Waals surface area contributed by atoms with Gasteiger partial charge in [0.25, 0.3) is 11.7 Å². The predicted molar refractivity (Wildman–Crippen MR) is 112 cm³/mol. The van der Waals surface area contributed by atoms with Crippen LogP contribution in [0.4, 0.5) is 0 Å². The van der Waals surface area contributed by atoms with Crippen LogP contribution in [0.1, 0.15) is 22.8 Å². The van der Waals surface area contributed by atoms with Gasteiger partial charge in [0.15, 0.2) is 0 Å². The third kappa shape index (κ3) is 5.46. The zero-order valence-electron chi connectivity index (χ0n) is 16.0. The highest BCUT2D eigenvalue weighted by atomic mass is 35.5. The summed E-state index contributed by atoms with van der Waals surface area (Å²) in [6.07, 6.45) is 1.43. The minimum atomic E-state index is -1.24. The fraction of sp³-hybridized carbons (Fsp3) is 0.150. The van der Waals surface area contributed by atoms with E-state index in [0.29, 0.717) is 22.3 Å². The summed E-state index contributed by atoms with van der Waals surface area (Å²) >= 11 is 7.23. The quantitative estimate of drug-likeness (QED) is 0.238. The summed E-state index contributed by atoms with van der Waals surface area (Å²) in [5.41, 5.74) is 4.11. The van der Waals surface area contributed by atoms with Gasteiger partial charge < -0.3 is 9.90 Å². The summed E-state index contributed by atoms with van der Waals surface area (Å²) in [7, 11) is 0. The molecule has 2 N–H and O–H groups in total. The number of nitrogens with one attached hydrogen (secondary N) is 2. The van der Waals surface area contributed by atoms with Gasteiger partial charge in [0.2, 0.25) is 0 Å². The second kappa shape index (κ2) is 10.0. The largest absolute Gasteiger partial charge is 0.545 e. The second-order valence-electron chi connectivity index (χ2n) is 6.10. The van der Waals surface area contributed by atoms with E-state index in [0.717, 1.165) is 11.4 Å². The van der Waals surface area contributed by atoms with Crippen molar-refractivity contribution in [3.8, 4) is 11.4 Å². The van der Waals surface area contributed by atoms with Crippen molar-refractivity contribution >= 4 is 41.5 Å². The number of nitrogens with zero attached hydrogens (tertiary/aromatic N) is 3. The van der Waals surface area contributed by atoms with Crippen molar-refractivity contribution in [2.45, 2.75) is 18.6 Å². The number of carboxylic acid groups (broad SMARTS) is 1. The Morgan fingerprint density at radius 1 is 1.23 bits per heavy atom. The number of halogens is 1. The van der Waals surface area contributed by atoms with Crippen molar-refractivity contribution in [3.05, 3.63) is 64.7 Å². The summed E-state index contributed by atoms with van der Waals surface area (Å²) in [4.78, 5) is 22.8. The standard InChI is InChI=1S/C20H18ClN5O3S/c1-2-26-18(14-7-9-16(21)10-8-14)24-25-20(26)30-12-17(27)23-22-11-13-3-5-15(6-4-13)19(28)29/h3-11H,2,12H2,1H3,(H2,23,27,28,29). The molecular weight excluding hydrogens is 426 g/mol. The monoisotopic (exact) mass is 443 g/mol. The Morgan fingerprint density at radius 2 is 1.93 bits per heavy atom. The Balaban J connectivity index is 1.57. The molecule has 1 aromatic heterocycles. The molecule has 0 aliphatic rings. The zero-order valence-corrected chi connectivity index (χ0v) is 17.5. The summed E-state index contributed by atoms with van der Waals surface area (Å²) in [6, 6.07) is 13.4. The molecule has 0 radical (unpaired) electrons. The molecule has 0 unspecified atom stereocenters. The van der Waals surface area contributed by atoms with E-state index < -0.39 is 5.97 Å². The molecule has 0 spiro atoms. The molecule has 0 bridgehead atoms. The van der Waals surface area contributed by atoms with Crippen molar-refractivity contribution in [2.75, 3.05) is 5.75 Å². The zero-order chi connectivity index (χ0) is 21.5. The van der Waals surface area contributed by atoms with E-state index in [1.54, 1.807) is 12.1 Å². The number of amides is 1. The summed E-state index contributed by atoms with van der Waals surface area (Å²) < 4.78 is 1.98. The highest BCUT2D eigenvalue weighted by Gasteiger charge is 2.21. The normalized spacial score (nSPS) is 11.0. The Kier molecular flexibility index (Phi) is 7.21. The topological polar surface area (TPSA) is 114 Å². The van der Waals surface area contributed by atoms with Gasteiger partial charge in [-0.2, -0.15) is 5.10 Å². The van der Waals surface area contributed by atoms with Gasteiger partial charge in [-0.15, -0.1) is 5.10 Å². The highest BCUT2D eigenvalue weighted by molar-refractivity contribution is 7.99. The predicted octanol–water partition coefficient (Wildman–Crippen LogP) is 1.64. The fourth-order valence-corrected chi connectivity index (χ4v) is 3.53. The van der Waals surface area contributed by atoms with Gasteiger partial charge in [-0.05, 0) is 54.1 Å². The first-order valence-corrected chi connectivity index (χ1v) is 10.3. The molecule has 0 saturated carbocycles. The molecule has 10 heteroatoms. The van der Waals surface area contributed by atoms with Crippen LogP contribution in [0.5, 0.6) is 0 Å². The lowest BCUT2D eigenvalue weighted by Gasteiger charge is -2.02. The van der Waals surface area contributed by atoms with Crippen LogP contribution in [-0.2, 0) is 11.3 Å². The van der Waals surface area contributed by atoms with Gasteiger partial charge in [-0.1, -0.05) is 35.9 Å². The number of hydrazone groups is 1. The van der Waals surface area contributed by atoms with Gasteiger partial charge in [-0.25, -0.2) is 9.99 Å². The van der Waals surface area contributed by atoms with E-state index in [-0.39, 0.29) is 17.2 Å². The van der Waals surface area contributed by atoms with Crippen LogP contribution in [0.3, 0.4) is 0 Å². The molecule has 3 aromatic rings. The first kappa shape index (κ1) is 21.5. The molecule has 154 valence electrons. The van der Waals surface area contributed by atoms with Gasteiger partial charge in [0.05, 0.1) is 35.1 Å². The molecule has 1 amide bonds. The summed E-state index contributed by atoms with van der Waals surface area (Å²) in [6.45, 7) is 2.67. The minimum absolute atomic E-state index is 0.0776. The van der Waals surface area contributed by atoms with E-state index in [1.165, 1.54) is 30.1 Å². The molecule has 30 heavy (non-hydrogen) atoms. The lowest BCUT2D eigenvalue weighted by atomic mass is 10.1. The number of aromatic nitrogens is 3. The number of aromatic carboxylic acids is 1. The van der Waals surface area contributed by atoms with E-state index in [9.17, 15) is 14.7 Å². The third-order valence-corrected chi connectivity index (χ3v) is 5.30. The number of carboxylic acids is 1. The maximum Gasteiger partial charge on any atom is 0.337 e. The highest BCUT2D eigenvalue weighted by Crippen LogP contribution is 2.19. The fourth-order valence-electron chi connectivity index (χ4n) is 2.60. The molecule has 0 aliphatic carbocycles. The maximum absolute atomic E-state index is 12.1. The third-order valence-electron chi connectivity index (χ3n) is 4.07. The smallest absolute Gasteiger partial charge is 0.337 e.